The summed E-state index contributed by atoms with van der Waals surface area (Å²) in [6.07, 6.45) is 3.77. The van der Waals surface area contributed by atoms with E-state index in [2.05, 4.69) is 16.9 Å². The monoisotopic (exact) mass is 237 g/mol. The van der Waals surface area contributed by atoms with E-state index in [1.165, 1.54) is 0 Å². The fourth-order valence-corrected chi connectivity index (χ4v) is 1.35. The normalized spacial score (nSPS) is 10.1. The lowest BCUT2D eigenvalue weighted by atomic mass is 10.3. The van der Waals surface area contributed by atoms with Gasteiger partial charge in [-0.15, -0.1) is 0 Å². The second-order valence-electron chi connectivity index (χ2n) is 3.74. The summed E-state index contributed by atoms with van der Waals surface area (Å²) in [6.45, 7) is 5.13. The van der Waals surface area contributed by atoms with Crippen LogP contribution in [0.5, 0.6) is 0 Å². The van der Waals surface area contributed by atoms with Crippen molar-refractivity contribution in [3.63, 3.8) is 0 Å². The largest absolute Gasteiger partial charge is 0.461 e. The number of carbonyl (C=O) groups is 1. The predicted molar refractivity (Wildman–Crippen MR) is 66.2 cm³/mol. The summed E-state index contributed by atoms with van der Waals surface area (Å²) in [7, 11) is 1.92. The Morgan fingerprint density at radius 1 is 1.47 bits per heavy atom. The van der Waals surface area contributed by atoms with Crippen molar-refractivity contribution in [3.8, 4) is 0 Å². The molecule has 1 heterocycles. The Hall–Kier alpha value is -1.65. The van der Waals surface area contributed by atoms with Crippen molar-refractivity contribution < 1.29 is 9.53 Å². The number of ether oxygens (including phenoxy) is 1. The van der Waals surface area contributed by atoms with Crippen LogP contribution in [0.4, 0.5) is 5.95 Å². The summed E-state index contributed by atoms with van der Waals surface area (Å²) in [5.74, 6) is 0.157. The Bertz CT molecular complexity index is 369. The summed E-state index contributed by atoms with van der Waals surface area (Å²) >= 11 is 0. The van der Waals surface area contributed by atoms with Crippen LogP contribution in [0.1, 0.15) is 37.2 Å². The zero-order valence-corrected chi connectivity index (χ0v) is 10.6. The van der Waals surface area contributed by atoms with Crippen molar-refractivity contribution in [3.05, 3.63) is 18.0 Å². The van der Waals surface area contributed by atoms with Crippen LogP contribution in [0.3, 0.4) is 0 Å². The van der Waals surface area contributed by atoms with Crippen molar-refractivity contribution in [1.29, 1.82) is 0 Å². The fraction of sp³-hybridized carbons (Fsp3) is 0.583. The van der Waals surface area contributed by atoms with Gasteiger partial charge in [-0.2, -0.15) is 0 Å². The molecule has 0 unspecified atom stereocenters. The quantitative estimate of drug-likeness (QED) is 0.707. The number of hydrogen-bond donors (Lipinski definition) is 0. The third-order valence-electron chi connectivity index (χ3n) is 2.32. The van der Waals surface area contributed by atoms with Gasteiger partial charge in [-0.25, -0.2) is 14.8 Å². The molecule has 1 rings (SSSR count). The molecule has 0 atom stereocenters. The van der Waals surface area contributed by atoms with Gasteiger partial charge in [0.05, 0.1) is 6.61 Å². The molecule has 0 spiro atoms. The third-order valence-corrected chi connectivity index (χ3v) is 2.32. The maximum atomic E-state index is 11.5. The molecule has 17 heavy (non-hydrogen) atoms. The molecule has 0 aliphatic heterocycles. The van der Waals surface area contributed by atoms with E-state index in [4.69, 9.17) is 4.74 Å². The van der Waals surface area contributed by atoms with Crippen molar-refractivity contribution in [2.45, 2.75) is 26.7 Å². The van der Waals surface area contributed by atoms with Gasteiger partial charge in [0, 0.05) is 19.8 Å². The van der Waals surface area contributed by atoms with E-state index in [-0.39, 0.29) is 0 Å². The topological polar surface area (TPSA) is 55.3 Å². The number of anilines is 1. The highest BCUT2D eigenvalue weighted by Gasteiger charge is 2.11. The number of aromatic nitrogens is 2. The minimum absolute atomic E-state index is 0.306. The minimum Gasteiger partial charge on any atom is -0.461 e. The second-order valence-corrected chi connectivity index (χ2v) is 3.74. The van der Waals surface area contributed by atoms with Gasteiger partial charge in [-0.05, 0) is 19.4 Å². The summed E-state index contributed by atoms with van der Waals surface area (Å²) in [5, 5.41) is 0. The fourth-order valence-electron chi connectivity index (χ4n) is 1.35. The highest BCUT2D eigenvalue weighted by atomic mass is 16.5. The van der Waals surface area contributed by atoms with Crippen LogP contribution in [0.2, 0.25) is 0 Å². The zero-order valence-electron chi connectivity index (χ0n) is 10.6. The van der Waals surface area contributed by atoms with Crippen LogP contribution in [0.25, 0.3) is 0 Å². The van der Waals surface area contributed by atoms with E-state index in [0.29, 0.717) is 18.2 Å². The van der Waals surface area contributed by atoms with Crippen LogP contribution >= 0.6 is 0 Å². The molecule has 0 N–H and O–H groups in total. The Morgan fingerprint density at radius 3 is 2.88 bits per heavy atom. The van der Waals surface area contributed by atoms with Crippen LogP contribution in [-0.4, -0.2) is 36.1 Å². The molecule has 0 fully saturated rings. The molecule has 0 bridgehead atoms. The molecule has 0 amide bonds. The molecule has 0 aromatic carbocycles. The van der Waals surface area contributed by atoms with Gasteiger partial charge in [-0.1, -0.05) is 13.3 Å². The van der Waals surface area contributed by atoms with E-state index in [0.717, 1.165) is 19.4 Å². The van der Waals surface area contributed by atoms with Gasteiger partial charge in [0.25, 0.3) is 0 Å². The molecule has 5 nitrogen and oxygen atoms in total. The summed E-state index contributed by atoms with van der Waals surface area (Å²) in [5.41, 5.74) is 0.306. The van der Waals surface area contributed by atoms with Crippen LogP contribution in [-0.2, 0) is 4.74 Å². The van der Waals surface area contributed by atoms with E-state index < -0.39 is 5.97 Å². The highest BCUT2D eigenvalue weighted by Crippen LogP contribution is 2.07. The number of nitrogens with zero attached hydrogens (tertiary/aromatic N) is 3. The molecule has 5 heteroatoms. The number of rotatable bonds is 6. The maximum absolute atomic E-state index is 11.5. The molecule has 0 saturated carbocycles. The second kappa shape index (κ2) is 6.83. The van der Waals surface area contributed by atoms with Gasteiger partial charge < -0.3 is 9.64 Å². The molecule has 94 valence electrons. The van der Waals surface area contributed by atoms with Gasteiger partial charge >= 0.3 is 5.97 Å². The average Bonchev–Trinajstić information content (AvgIpc) is 2.36. The molecular weight excluding hydrogens is 218 g/mol. The Morgan fingerprint density at radius 2 is 2.24 bits per heavy atom. The van der Waals surface area contributed by atoms with Gasteiger partial charge in [-0.3, -0.25) is 0 Å². The smallest absolute Gasteiger partial charge is 0.357 e. The first-order chi connectivity index (χ1) is 8.19. The van der Waals surface area contributed by atoms with Crippen molar-refractivity contribution in [2.24, 2.45) is 0 Å². The average molecular weight is 237 g/mol. The third kappa shape index (κ3) is 4.01. The number of carbonyl (C=O) groups excluding carboxylic acids is 1. The van der Waals surface area contributed by atoms with E-state index in [1.54, 1.807) is 19.2 Å². The van der Waals surface area contributed by atoms with Crippen LogP contribution in [0, 0.1) is 0 Å². The van der Waals surface area contributed by atoms with Crippen molar-refractivity contribution >= 4 is 11.9 Å². The van der Waals surface area contributed by atoms with Gasteiger partial charge in [0.2, 0.25) is 5.95 Å². The molecule has 0 aliphatic carbocycles. The maximum Gasteiger partial charge on any atom is 0.357 e. The summed E-state index contributed by atoms with van der Waals surface area (Å²) in [4.78, 5) is 21.8. The Kier molecular flexibility index (Phi) is 5.39. The molecule has 0 radical (unpaired) electrons. The SMILES string of the molecule is CCCCN(C)c1nccc(C(=O)OCC)n1. The Balaban J connectivity index is 2.74. The van der Waals surface area contributed by atoms with Crippen molar-refractivity contribution in [2.75, 3.05) is 25.1 Å². The summed E-state index contributed by atoms with van der Waals surface area (Å²) in [6, 6.07) is 1.56. The Labute approximate surface area is 102 Å². The lowest BCUT2D eigenvalue weighted by molar-refractivity contribution is 0.0519. The van der Waals surface area contributed by atoms with Crippen molar-refractivity contribution in [1.82, 2.24) is 9.97 Å². The zero-order chi connectivity index (χ0) is 12.7. The first-order valence-electron chi connectivity index (χ1n) is 5.90. The van der Waals surface area contributed by atoms with E-state index >= 15 is 0 Å². The first-order valence-corrected chi connectivity index (χ1v) is 5.90. The highest BCUT2D eigenvalue weighted by molar-refractivity contribution is 5.87. The predicted octanol–water partition coefficient (Wildman–Crippen LogP) is 1.89. The summed E-state index contributed by atoms with van der Waals surface area (Å²) < 4.78 is 4.90. The van der Waals surface area contributed by atoms with Crippen LogP contribution in [0.15, 0.2) is 12.3 Å². The molecular formula is C12H19N3O2. The molecule has 0 aliphatic rings. The number of unbranched alkanes of at least 4 members (excludes halogenated alkanes) is 1. The standard InChI is InChI=1S/C12H19N3O2/c1-4-6-9-15(3)12-13-8-7-10(14-12)11(16)17-5-2/h7-8H,4-6,9H2,1-3H3. The minimum atomic E-state index is -0.403. The lowest BCUT2D eigenvalue weighted by Gasteiger charge is -2.16. The van der Waals surface area contributed by atoms with Gasteiger partial charge in [0.15, 0.2) is 5.69 Å². The first kappa shape index (κ1) is 13.4. The molecule has 0 saturated heterocycles. The van der Waals surface area contributed by atoms with E-state index in [1.807, 2.05) is 11.9 Å². The van der Waals surface area contributed by atoms with E-state index in [9.17, 15) is 4.79 Å². The number of hydrogen-bond acceptors (Lipinski definition) is 5. The van der Waals surface area contributed by atoms with Gasteiger partial charge in [0.1, 0.15) is 0 Å². The number of esters is 1. The molecule has 1 aromatic rings. The lowest BCUT2D eigenvalue weighted by Crippen LogP contribution is -2.22. The van der Waals surface area contributed by atoms with Crippen LogP contribution < -0.4 is 4.90 Å². The molecule has 1 aromatic heterocycles.